The largest absolute Gasteiger partial charge is 0.484 e. The van der Waals surface area contributed by atoms with Crippen molar-refractivity contribution < 1.29 is 22.7 Å². The molecule has 37 heavy (non-hydrogen) atoms. The average Bonchev–Trinajstić information content (AvgIpc) is 2.88. The number of para-hydroxylation sites is 1. The van der Waals surface area contributed by atoms with Gasteiger partial charge in [0.15, 0.2) is 6.61 Å². The first-order chi connectivity index (χ1) is 17.8. The number of nitrogens with zero attached hydrogens (tertiary/aromatic N) is 1. The lowest BCUT2D eigenvalue weighted by molar-refractivity contribution is -0.118. The highest BCUT2D eigenvalue weighted by molar-refractivity contribution is 7.92. The second-order valence-electron chi connectivity index (χ2n) is 8.13. The van der Waals surface area contributed by atoms with E-state index in [9.17, 15) is 13.2 Å². The number of benzene rings is 4. The maximum absolute atomic E-state index is 12.4. The number of hydrogen-bond acceptors (Lipinski definition) is 5. The van der Waals surface area contributed by atoms with Crippen molar-refractivity contribution >= 4 is 38.9 Å². The predicted octanol–water partition coefficient (Wildman–Crippen LogP) is 6.12. The minimum atomic E-state index is -3.57. The highest BCUT2D eigenvalue weighted by Crippen LogP contribution is 2.26. The number of hydrogen-bond donors (Lipinski definition) is 1. The molecule has 190 valence electrons. The molecular formula is C28H25ClN2O5S. The fourth-order valence-electron chi connectivity index (χ4n) is 3.47. The molecule has 9 heteroatoms. The smallest absolute Gasteiger partial charge is 0.262 e. The van der Waals surface area contributed by atoms with Crippen LogP contribution in [0.25, 0.3) is 0 Å². The molecule has 0 saturated carbocycles. The van der Waals surface area contributed by atoms with Gasteiger partial charge in [0.05, 0.1) is 18.5 Å². The van der Waals surface area contributed by atoms with Crippen LogP contribution in [0.15, 0.2) is 103 Å². The molecule has 0 unspecified atom stereocenters. The molecule has 0 spiro atoms. The highest BCUT2D eigenvalue weighted by Gasteiger charge is 2.19. The minimum absolute atomic E-state index is 0.0935. The van der Waals surface area contributed by atoms with E-state index in [1.54, 1.807) is 72.8 Å². The van der Waals surface area contributed by atoms with E-state index in [2.05, 4.69) is 5.32 Å². The summed E-state index contributed by atoms with van der Waals surface area (Å²) in [7, 11) is -3.57. The Morgan fingerprint density at radius 1 is 0.811 bits per heavy atom. The Morgan fingerprint density at radius 2 is 1.41 bits per heavy atom. The quantitative estimate of drug-likeness (QED) is 0.264. The first kappa shape index (κ1) is 26.1. The lowest BCUT2D eigenvalue weighted by atomic mass is 10.2. The van der Waals surface area contributed by atoms with Crippen molar-refractivity contribution in [1.82, 2.24) is 0 Å². The van der Waals surface area contributed by atoms with Gasteiger partial charge in [-0.15, -0.1) is 0 Å². The van der Waals surface area contributed by atoms with E-state index in [0.29, 0.717) is 33.5 Å². The number of ether oxygens (including phenoxy) is 2. The third-order valence-corrected chi connectivity index (χ3v) is 6.79. The van der Waals surface area contributed by atoms with Crippen LogP contribution in [0.3, 0.4) is 0 Å². The van der Waals surface area contributed by atoms with Gasteiger partial charge in [0.2, 0.25) is 10.0 Å². The second-order valence-corrected chi connectivity index (χ2v) is 10.4. The van der Waals surface area contributed by atoms with E-state index in [4.69, 9.17) is 21.1 Å². The zero-order valence-electron chi connectivity index (χ0n) is 20.0. The number of carbonyl (C=O) groups is 1. The summed E-state index contributed by atoms with van der Waals surface area (Å²) in [4.78, 5) is 12.3. The molecule has 4 rings (SSSR count). The molecule has 0 aromatic heterocycles. The molecule has 4 aromatic carbocycles. The van der Waals surface area contributed by atoms with Gasteiger partial charge in [0.1, 0.15) is 17.2 Å². The number of anilines is 2. The third kappa shape index (κ3) is 7.49. The Hall–Kier alpha value is -4.01. The number of carbonyl (C=O) groups excluding carboxylic acids is 1. The van der Waals surface area contributed by atoms with Gasteiger partial charge in [-0.2, -0.15) is 0 Å². The highest BCUT2D eigenvalue weighted by atomic mass is 35.5. The van der Waals surface area contributed by atoms with Gasteiger partial charge in [-0.05, 0) is 72.3 Å². The number of amides is 1. The lowest BCUT2D eigenvalue weighted by Gasteiger charge is -2.23. The minimum Gasteiger partial charge on any atom is -0.484 e. The monoisotopic (exact) mass is 536 g/mol. The number of rotatable bonds is 10. The normalized spacial score (nSPS) is 11.0. The van der Waals surface area contributed by atoms with Crippen molar-refractivity contribution in [3.8, 4) is 17.2 Å². The Labute approximate surface area is 221 Å². The molecule has 0 atom stereocenters. The van der Waals surface area contributed by atoms with Gasteiger partial charge in [0, 0.05) is 10.7 Å². The van der Waals surface area contributed by atoms with E-state index in [1.165, 1.54) is 4.31 Å². The van der Waals surface area contributed by atoms with Gasteiger partial charge < -0.3 is 14.8 Å². The Morgan fingerprint density at radius 3 is 2.05 bits per heavy atom. The molecular weight excluding hydrogens is 512 g/mol. The van der Waals surface area contributed by atoms with Crippen molar-refractivity contribution in [2.45, 2.75) is 6.54 Å². The number of nitrogens with one attached hydrogen (secondary N) is 1. The summed E-state index contributed by atoms with van der Waals surface area (Å²) in [5.41, 5.74) is 1.75. The number of sulfonamides is 1. The fraction of sp³-hybridized carbons (Fsp3) is 0.107. The summed E-state index contributed by atoms with van der Waals surface area (Å²) in [6, 6.07) is 30.0. The zero-order chi connectivity index (χ0) is 26.3. The van der Waals surface area contributed by atoms with Gasteiger partial charge in [-0.25, -0.2) is 8.42 Å². The van der Waals surface area contributed by atoms with Crippen molar-refractivity contribution in [2.75, 3.05) is 22.5 Å². The van der Waals surface area contributed by atoms with E-state index < -0.39 is 10.0 Å². The fourth-order valence-corrected chi connectivity index (χ4v) is 4.54. The van der Waals surface area contributed by atoms with Crippen LogP contribution in [0.4, 0.5) is 11.4 Å². The molecule has 0 radical (unpaired) electrons. The van der Waals surface area contributed by atoms with Crippen LogP contribution in [0, 0.1) is 0 Å². The zero-order valence-corrected chi connectivity index (χ0v) is 21.6. The van der Waals surface area contributed by atoms with E-state index in [-0.39, 0.29) is 19.1 Å². The van der Waals surface area contributed by atoms with Crippen LogP contribution in [-0.2, 0) is 21.4 Å². The molecule has 7 nitrogen and oxygen atoms in total. The van der Waals surface area contributed by atoms with Gasteiger partial charge in [-0.3, -0.25) is 9.10 Å². The molecule has 4 aromatic rings. The average molecular weight is 537 g/mol. The van der Waals surface area contributed by atoms with Crippen LogP contribution in [0.5, 0.6) is 17.2 Å². The first-order valence-electron chi connectivity index (χ1n) is 11.3. The van der Waals surface area contributed by atoms with Crippen molar-refractivity contribution in [3.63, 3.8) is 0 Å². The lowest BCUT2D eigenvalue weighted by Crippen LogP contribution is -2.29. The topological polar surface area (TPSA) is 84.9 Å². The molecule has 0 aliphatic rings. The van der Waals surface area contributed by atoms with Gasteiger partial charge in [0.25, 0.3) is 5.91 Å². The van der Waals surface area contributed by atoms with E-state index in [0.717, 1.165) is 12.0 Å². The molecule has 1 N–H and O–H groups in total. The van der Waals surface area contributed by atoms with Crippen molar-refractivity contribution in [3.05, 3.63) is 114 Å². The Bertz CT molecular complexity index is 1440. The summed E-state index contributed by atoms with van der Waals surface area (Å²) in [5, 5.41) is 3.25. The molecule has 0 saturated heterocycles. The van der Waals surface area contributed by atoms with Crippen LogP contribution in [-0.4, -0.2) is 27.2 Å². The molecule has 0 fully saturated rings. The van der Waals surface area contributed by atoms with Crippen molar-refractivity contribution in [1.29, 1.82) is 0 Å². The van der Waals surface area contributed by atoms with Gasteiger partial charge >= 0.3 is 0 Å². The van der Waals surface area contributed by atoms with Crippen LogP contribution in [0.1, 0.15) is 5.56 Å². The predicted molar refractivity (Wildman–Crippen MR) is 146 cm³/mol. The maximum atomic E-state index is 12.4. The van der Waals surface area contributed by atoms with Crippen molar-refractivity contribution in [2.24, 2.45) is 0 Å². The van der Waals surface area contributed by atoms with Crippen LogP contribution in [0.2, 0.25) is 5.02 Å². The van der Waals surface area contributed by atoms with Crippen LogP contribution >= 0.6 is 11.6 Å². The summed E-state index contributed by atoms with van der Waals surface area (Å²) in [5.74, 6) is 1.47. The summed E-state index contributed by atoms with van der Waals surface area (Å²) >= 11 is 6.21. The maximum Gasteiger partial charge on any atom is 0.262 e. The molecule has 0 aliphatic carbocycles. The second kappa shape index (κ2) is 11.8. The van der Waals surface area contributed by atoms with Gasteiger partial charge in [-0.1, -0.05) is 48.0 Å². The van der Waals surface area contributed by atoms with E-state index in [1.807, 2.05) is 30.3 Å². The third-order valence-electron chi connectivity index (χ3n) is 5.28. The molecule has 0 heterocycles. The molecule has 0 bridgehead atoms. The van der Waals surface area contributed by atoms with E-state index >= 15 is 0 Å². The SMILES string of the molecule is CS(=O)(=O)N(Cc1ccccc1Cl)c1ccc(OCC(=O)Nc2ccc(Oc3ccccc3)cc2)cc1. The Kier molecular flexibility index (Phi) is 8.32. The standard InChI is InChI=1S/C28H25ClN2O5S/c1-37(33,34)31(19-21-7-5-6-10-27(21)29)23-13-17-24(18-14-23)35-20-28(32)30-22-11-15-26(16-12-22)36-25-8-3-2-4-9-25/h2-18H,19-20H2,1H3,(H,30,32). The first-order valence-corrected chi connectivity index (χ1v) is 13.6. The molecule has 0 aliphatic heterocycles. The summed E-state index contributed by atoms with van der Waals surface area (Å²) in [6.45, 7) is -0.118. The van der Waals surface area contributed by atoms with Crippen LogP contribution < -0.4 is 19.1 Å². The number of halogens is 1. The molecule has 1 amide bonds. The Balaban J connectivity index is 1.32. The summed E-state index contributed by atoms with van der Waals surface area (Å²) < 4.78 is 37.4. The summed E-state index contributed by atoms with van der Waals surface area (Å²) in [6.07, 6.45) is 1.14.